The molecule has 0 aliphatic rings. The molecule has 108 valence electrons. The Kier molecular flexibility index (Phi) is 5.77. The van der Waals surface area contributed by atoms with Crippen LogP contribution in [0.1, 0.15) is 13.8 Å². The lowest BCUT2D eigenvalue weighted by atomic mass is 10.2. The summed E-state index contributed by atoms with van der Waals surface area (Å²) in [5.41, 5.74) is 0.578. The monoisotopic (exact) mass is 276 g/mol. The molecule has 0 spiro atoms. The topological polar surface area (TPSA) is 58.6 Å². The highest BCUT2D eigenvalue weighted by Gasteiger charge is 2.23. The van der Waals surface area contributed by atoms with E-state index in [9.17, 15) is 9.59 Å². The number of methoxy groups -OCH3 is 1. The van der Waals surface area contributed by atoms with Gasteiger partial charge in [-0.15, -0.1) is 6.58 Å². The first kappa shape index (κ1) is 15.8. The van der Waals surface area contributed by atoms with Gasteiger partial charge in [0.05, 0.1) is 12.8 Å². The summed E-state index contributed by atoms with van der Waals surface area (Å²) in [6.45, 7) is 7.02. The number of nitrogens with zero attached hydrogens (tertiary/aromatic N) is 1. The largest absolute Gasteiger partial charge is 0.495 e. The third-order valence-electron chi connectivity index (χ3n) is 2.94. The van der Waals surface area contributed by atoms with E-state index in [1.54, 1.807) is 31.2 Å². The summed E-state index contributed by atoms with van der Waals surface area (Å²) in [7, 11) is 1.54. The fourth-order valence-electron chi connectivity index (χ4n) is 1.83. The van der Waals surface area contributed by atoms with Crippen molar-refractivity contribution in [3.63, 3.8) is 0 Å². The fraction of sp³-hybridized carbons (Fsp3) is 0.333. The zero-order valence-corrected chi connectivity index (χ0v) is 12.1. The summed E-state index contributed by atoms with van der Waals surface area (Å²) in [6, 6.07) is 6.53. The Morgan fingerprint density at radius 3 is 2.65 bits per heavy atom. The SMILES string of the molecule is C=CCN(C(C)=O)C(C)C(=O)Nc1ccccc1OC. The van der Waals surface area contributed by atoms with Crippen molar-refractivity contribution in [1.29, 1.82) is 0 Å². The second-order valence-electron chi connectivity index (χ2n) is 4.33. The van der Waals surface area contributed by atoms with E-state index >= 15 is 0 Å². The Labute approximate surface area is 119 Å². The predicted molar refractivity (Wildman–Crippen MR) is 78.7 cm³/mol. The molecule has 5 heteroatoms. The molecule has 1 atom stereocenters. The van der Waals surface area contributed by atoms with Crippen molar-refractivity contribution in [2.45, 2.75) is 19.9 Å². The lowest BCUT2D eigenvalue weighted by Gasteiger charge is -2.26. The zero-order chi connectivity index (χ0) is 15.1. The van der Waals surface area contributed by atoms with Crippen LogP contribution in [0.5, 0.6) is 5.75 Å². The van der Waals surface area contributed by atoms with Crippen LogP contribution in [0.25, 0.3) is 0 Å². The number of carbonyl (C=O) groups is 2. The highest BCUT2D eigenvalue weighted by molar-refractivity contribution is 5.97. The van der Waals surface area contributed by atoms with E-state index in [1.807, 2.05) is 6.07 Å². The molecule has 0 saturated carbocycles. The summed E-state index contributed by atoms with van der Waals surface area (Å²) in [5, 5.41) is 2.76. The smallest absolute Gasteiger partial charge is 0.247 e. The summed E-state index contributed by atoms with van der Waals surface area (Å²) < 4.78 is 5.17. The first-order valence-electron chi connectivity index (χ1n) is 6.33. The number of carbonyl (C=O) groups excluding carboxylic acids is 2. The average Bonchev–Trinajstić information content (AvgIpc) is 2.44. The van der Waals surface area contributed by atoms with Crippen LogP contribution >= 0.6 is 0 Å². The van der Waals surface area contributed by atoms with Gasteiger partial charge in [0.1, 0.15) is 11.8 Å². The summed E-state index contributed by atoms with van der Waals surface area (Å²) in [6.07, 6.45) is 1.59. The van der Waals surface area contributed by atoms with Crippen molar-refractivity contribution in [3.05, 3.63) is 36.9 Å². The van der Waals surface area contributed by atoms with Crippen LogP contribution in [0.4, 0.5) is 5.69 Å². The molecule has 2 amide bonds. The Balaban J connectivity index is 2.83. The number of amides is 2. The van der Waals surface area contributed by atoms with E-state index in [4.69, 9.17) is 4.74 Å². The van der Waals surface area contributed by atoms with Gasteiger partial charge in [0.15, 0.2) is 0 Å². The number of benzene rings is 1. The van der Waals surface area contributed by atoms with Crippen LogP contribution in [0, 0.1) is 0 Å². The van der Waals surface area contributed by atoms with E-state index in [-0.39, 0.29) is 11.8 Å². The third kappa shape index (κ3) is 3.85. The second-order valence-corrected chi connectivity index (χ2v) is 4.33. The minimum absolute atomic E-state index is 0.174. The molecule has 20 heavy (non-hydrogen) atoms. The molecule has 5 nitrogen and oxygen atoms in total. The molecule has 1 unspecified atom stereocenters. The van der Waals surface area contributed by atoms with Crippen LogP contribution < -0.4 is 10.1 Å². The molecule has 0 heterocycles. The van der Waals surface area contributed by atoms with Crippen LogP contribution in [0.2, 0.25) is 0 Å². The van der Waals surface area contributed by atoms with Gasteiger partial charge in [-0.05, 0) is 19.1 Å². The van der Waals surface area contributed by atoms with Crippen molar-refractivity contribution >= 4 is 17.5 Å². The van der Waals surface area contributed by atoms with E-state index in [0.717, 1.165) is 0 Å². The molecule has 0 fully saturated rings. The first-order valence-corrected chi connectivity index (χ1v) is 6.33. The van der Waals surface area contributed by atoms with Gasteiger partial charge in [0.25, 0.3) is 0 Å². The maximum Gasteiger partial charge on any atom is 0.247 e. The number of ether oxygens (including phenoxy) is 1. The van der Waals surface area contributed by atoms with E-state index in [1.165, 1.54) is 18.9 Å². The Bertz CT molecular complexity index is 500. The number of nitrogens with one attached hydrogen (secondary N) is 1. The maximum absolute atomic E-state index is 12.2. The van der Waals surface area contributed by atoms with Crippen molar-refractivity contribution in [2.75, 3.05) is 19.0 Å². The molecule has 1 aromatic rings. The van der Waals surface area contributed by atoms with Gasteiger partial charge in [-0.3, -0.25) is 9.59 Å². The van der Waals surface area contributed by atoms with Gasteiger partial charge in [-0.25, -0.2) is 0 Å². The van der Waals surface area contributed by atoms with Crippen molar-refractivity contribution in [2.24, 2.45) is 0 Å². The molecule has 0 radical (unpaired) electrons. The zero-order valence-electron chi connectivity index (χ0n) is 12.1. The van der Waals surface area contributed by atoms with Crippen LogP contribution in [-0.4, -0.2) is 36.4 Å². The predicted octanol–water partition coefficient (Wildman–Crippen LogP) is 2.06. The number of hydrogen-bond acceptors (Lipinski definition) is 3. The molecular formula is C15H20N2O3. The fourth-order valence-corrected chi connectivity index (χ4v) is 1.83. The summed E-state index contributed by atoms with van der Waals surface area (Å²) in [4.78, 5) is 25.2. The molecule has 0 bridgehead atoms. The molecule has 0 aliphatic heterocycles. The van der Waals surface area contributed by atoms with Crippen LogP contribution in [-0.2, 0) is 9.59 Å². The highest BCUT2D eigenvalue weighted by Crippen LogP contribution is 2.23. The molecule has 1 N–H and O–H groups in total. The minimum Gasteiger partial charge on any atom is -0.495 e. The average molecular weight is 276 g/mol. The summed E-state index contributed by atoms with van der Waals surface area (Å²) in [5.74, 6) is 0.130. The highest BCUT2D eigenvalue weighted by atomic mass is 16.5. The Morgan fingerprint density at radius 1 is 1.45 bits per heavy atom. The quantitative estimate of drug-likeness (QED) is 0.809. The molecule has 0 aliphatic carbocycles. The van der Waals surface area contributed by atoms with Gasteiger partial charge >= 0.3 is 0 Å². The van der Waals surface area contributed by atoms with E-state index in [2.05, 4.69) is 11.9 Å². The third-order valence-corrected chi connectivity index (χ3v) is 2.94. The van der Waals surface area contributed by atoms with Crippen molar-refractivity contribution < 1.29 is 14.3 Å². The maximum atomic E-state index is 12.2. The lowest BCUT2D eigenvalue weighted by molar-refractivity contribution is -0.135. The second kappa shape index (κ2) is 7.33. The van der Waals surface area contributed by atoms with Gasteiger partial charge < -0.3 is 15.0 Å². The molecule has 1 aromatic carbocycles. The lowest BCUT2D eigenvalue weighted by Crippen LogP contribution is -2.44. The van der Waals surface area contributed by atoms with Gasteiger partial charge in [0.2, 0.25) is 11.8 Å². The van der Waals surface area contributed by atoms with E-state index < -0.39 is 6.04 Å². The normalized spacial score (nSPS) is 11.3. The first-order chi connectivity index (χ1) is 9.51. The number of hydrogen-bond donors (Lipinski definition) is 1. The van der Waals surface area contributed by atoms with Gasteiger partial charge in [0, 0.05) is 13.5 Å². The van der Waals surface area contributed by atoms with Gasteiger partial charge in [-0.1, -0.05) is 18.2 Å². The van der Waals surface area contributed by atoms with E-state index in [0.29, 0.717) is 18.0 Å². The number of rotatable bonds is 6. The van der Waals surface area contributed by atoms with Crippen LogP contribution in [0.3, 0.4) is 0 Å². The number of para-hydroxylation sites is 2. The Morgan fingerprint density at radius 2 is 2.10 bits per heavy atom. The molecule has 1 rings (SSSR count). The number of anilines is 1. The summed E-state index contributed by atoms with van der Waals surface area (Å²) >= 11 is 0. The Hall–Kier alpha value is -2.30. The van der Waals surface area contributed by atoms with Crippen LogP contribution in [0.15, 0.2) is 36.9 Å². The van der Waals surface area contributed by atoms with Gasteiger partial charge in [-0.2, -0.15) is 0 Å². The van der Waals surface area contributed by atoms with Crippen molar-refractivity contribution in [1.82, 2.24) is 4.90 Å². The molecular weight excluding hydrogens is 256 g/mol. The molecule has 0 aromatic heterocycles. The minimum atomic E-state index is -0.588. The standard InChI is InChI=1S/C15H20N2O3/c1-5-10-17(12(3)18)11(2)15(19)16-13-8-6-7-9-14(13)20-4/h5-9,11H,1,10H2,2-4H3,(H,16,19). The van der Waals surface area contributed by atoms with Crippen molar-refractivity contribution in [3.8, 4) is 5.75 Å². The molecule has 0 saturated heterocycles.